The van der Waals surface area contributed by atoms with Crippen molar-refractivity contribution in [3.63, 3.8) is 0 Å². The number of nitrogens with one attached hydrogen (secondary N) is 2. The highest BCUT2D eigenvalue weighted by Gasteiger charge is 2.10. The van der Waals surface area contributed by atoms with Gasteiger partial charge in [0.1, 0.15) is 12.3 Å². The Kier molecular flexibility index (Phi) is 9.94. The van der Waals surface area contributed by atoms with Crippen LogP contribution in [0.3, 0.4) is 0 Å². The smallest absolute Gasteiger partial charge is 0.243 e. The number of aliphatic imine (C=N–C) groups is 1. The van der Waals surface area contributed by atoms with Crippen LogP contribution in [0.1, 0.15) is 24.7 Å². The maximum absolute atomic E-state index is 11.9. The second kappa shape index (κ2) is 12.7. The third kappa shape index (κ3) is 8.69. The van der Waals surface area contributed by atoms with Crippen molar-refractivity contribution in [3.8, 4) is 0 Å². The molecule has 1 aromatic carbocycles. The number of carbonyl (C=O) groups is 1. The predicted octanol–water partition coefficient (Wildman–Crippen LogP) is 2.36. The Hall–Kier alpha value is -2.80. The van der Waals surface area contributed by atoms with Crippen LogP contribution in [-0.4, -0.2) is 68.5 Å². The Morgan fingerprint density at radius 2 is 1.80 bits per heavy atom. The van der Waals surface area contributed by atoms with E-state index >= 15 is 0 Å². The SMILES string of the molecule is CC(CCNC(=NCC(=O)N(C)C)NCCc1ccco1)N(C)Cc1ccccc1. The lowest BCUT2D eigenvalue weighted by atomic mass is 10.1. The predicted molar refractivity (Wildman–Crippen MR) is 121 cm³/mol. The van der Waals surface area contributed by atoms with Crippen molar-refractivity contribution in [3.05, 3.63) is 60.1 Å². The standard InChI is InChI=1S/C23H35N5O2/c1-19(28(4)18-20-9-6-5-7-10-20)12-14-24-23(26-17-22(29)27(2)3)25-15-13-21-11-8-16-30-21/h5-11,16,19H,12-15,17-18H2,1-4H3,(H2,24,25,26). The van der Waals surface area contributed by atoms with Crippen LogP contribution in [0.4, 0.5) is 0 Å². The normalized spacial score (nSPS) is 12.6. The van der Waals surface area contributed by atoms with Crippen LogP contribution in [0.25, 0.3) is 0 Å². The summed E-state index contributed by atoms with van der Waals surface area (Å²) >= 11 is 0. The number of amides is 1. The van der Waals surface area contributed by atoms with Crippen molar-refractivity contribution >= 4 is 11.9 Å². The molecule has 1 heterocycles. The number of nitrogens with zero attached hydrogens (tertiary/aromatic N) is 3. The molecule has 0 spiro atoms. The molecular weight excluding hydrogens is 378 g/mol. The summed E-state index contributed by atoms with van der Waals surface area (Å²) in [5.41, 5.74) is 1.31. The van der Waals surface area contributed by atoms with Crippen LogP contribution in [0.15, 0.2) is 58.1 Å². The lowest BCUT2D eigenvalue weighted by molar-refractivity contribution is -0.127. The van der Waals surface area contributed by atoms with Gasteiger partial charge >= 0.3 is 0 Å². The molecule has 2 rings (SSSR count). The third-order valence-electron chi connectivity index (χ3n) is 5.00. The molecule has 0 aliphatic carbocycles. The molecular formula is C23H35N5O2. The molecule has 2 N–H and O–H groups in total. The number of guanidine groups is 1. The van der Waals surface area contributed by atoms with E-state index in [4.69, 9.17) is 4.42 Å². The van der Waals surface area contributed by atoms with Crippen LogP contribution in [0.2, 0.25) is 0 Å². The molecule has 7 heteroatoms. The maximum Gasteiger partial charge on any atom is 0.243 e. The van der Waals surface area contributed by atoms with Gasteiger partial charge in [-0.3, -0.25) is 9.69 Å². The van der Waals surface area contributed by atoms with Gasteiger partial charge in [-0.2, -0.15) is 0 Å². The Morgan fingerprint density at radius 1 is 1.07 bits per heavy atom. The Labute approximate surface area is 180 Å². The summed E-state index contributed by atoms with van der Waals surface area (Å²) in [6.07, 6.45) is 3.39. The van der Waals surface area contributed by atoms with Gasteiger partial charge in [0.2, 0.25) is 5.91 Å². The molecule has 0 bridgehead atoms. The molecule has 164 valence electrons. The highest BCUT2D eigenvalue weighted by Crippen LogP contribution is 2.08. The van der Waals surface area contributed by atoms with Crippen molar-refractivity contribution in [1.82, 2.24) is 20.4 Å². The number of carbonyl (C=O) groups excluding carboxylic acids is 1. The topological polar surface area (TPSA) is 73.1 Å². The van der Waals surface area contributed by atoms with Crippen molar-refractivity contribution in [2.75, 3.05) is 40.8 Å². The summed E-state index contributed by atoms with van der Waals surface area (Å²) < 4.78 is 5.37. The molecule has 0 aliphatic rings. The van der Waals surface area contributed by atoms with Gasteiger partial charge < -0.3 is 20.0 Å². The summed E-state index contributed by atoms with van der Waals surface area (Å²) in [6.45, 7) is 4.71. The number of benzene rings is 1. The molecule has 1 amide bonds. The molecule has 1 aromatic heterocycles. The number of hydrogen-bond donors (Lipinski definition) is 2. The zero-order valence-corrected chi connectivity index (χ0v) is 18.6. The van der Waals surface area contributed by atoms with E-state index in [0.717, 1.165) is 31.7 Å². The fourth-order valence-electron chi connectivity index (χ4n) is 2.87. The van der Waals surface area contributed by atoms with Gasteiger partial charge in [0.05, 0.1) is 6.26 Å². The zero-order valence-electron chi connectivity index (χ0n) is 18.6. The van der Waals surface area contributed by atoms with Gasteiger partial charge in [-0.15, -0.1) is 0 Å². The van der Waals surface area contributed by atoms with Crippen LogP contribution < -0.4 is 10.6 Å². The molecule has 30 heavy (non-hydrogen) atoms. The van der Waals surface area contributed by atoms with E-state index in [1.54, 1.807) is 25.3 Å². The minimum atomic E-state index is -0.0295. The van der Waals surface area contributed by atoms with E-state index in [0.29, 0.717) is 18.5 Å². The fourth-order valence-corrected chi connectivity index (χ4v) is 2.87. The largest absolute Gasteiger partial charge is 0.469 e. The maximum atomic E-state index is 11.9. The molecule has 0 fully saturated rings. The minimum Gasteiger partial charge on any atom is -0.469 e. The highest BCUT2D eigenvalue weighted by molar-refractivity contribution is 5.84. The Morgan fingerprint density at radius 3 is 2.47 bits per heavy atom. The monoisotopic (exact) mass is 413 g/mol. The first-order valence-corrected chi connectivity index (χ1v) is 10.4. The van der Waals surface area contributed by atoms with Crippen molar-refractivity contribution in [1.29, 1.82) is 0 Å². The quantitative estimate of drug-likeness (QED) is 0.437. The summed E-state index contributed by atoms with van der Waals surface area (Å²) in [6, 6.07) is 14.7. The van der Waals surface area contributed by atoms with Crippen molar-refractivity contribution < 1.29 is 9.21 Å². The van der Waals surface area contributed by atoms with Gasteiger partial charge in [-0.05, 0) is 38.1 Å². The molecule has 1 atom stereocenters. The summed E-state index contributed by atoms with van der Waals surface area (Å²) in [4.78, 5) is 20.2. The first-order valence-electron chi connectivity index (χ1n) is 10.4. The van der Waals surface area contributed by atoms with Gasteiger partial charge in [-0.1, -0.05) is 30.3 Å². The molecule has 2 aromatic rings. The summed E-state index contributed by atoms with van der Waals surface area (Å²) in [5.74, 6) is 1.54. The van der Waals surface area contributed by atoms with E-state index in [-0.39, 0.29) is 12.5 Å². The average molecular weight is 414 g/mol. The van der Waals surface area contributed by atoms with Gasteiger partial charge in [0, 0.05) is 46.2 Å². The first-order chi connectivity index (χ1) is 14.5. The lowest BCUT2D eigenvalue weighted by Crippen LogP contribution is -2.41. The average Bonchev–Trinajstić information content (AvgIpc) is 3.25. The van der Waals surface area contributed by atoms with Crippen LogP contribution in [-0.2, 0) is 17.8 Å². The number of hydrogen-bond acceptors (Lipinski definition) is 4. The van der Waals surface area contributed by atoms with Gasteiger partial charge in [0.25, 0.3) is 0 Å². The zero-order chi connectivity index (χ0) is 21.8. The second-order valence-corrected chi connectivity index (χ2v) is 7.67. The van der Waals surface area contributed by atoms with Crippen molar-refractivity contribution in [2.24, 2.45) is 4.99 Å². The molecule has 0 saturated heterocycles. The van der Waals surface area contributed by atoms with E-state index in [1.807, 2.05) is 18.2 Å². The van der Waals surface area contributed by atoms with Gasteiger partial charge in [0.15, 0.2) is 5.96 Å². The van der Waals surface area contributed by atoms with E-state index in [9.17, 15) is 4.79 Å². The Bertz CT molecular complexity index is 759. The molecule has 0 saturated carbocycles. The van der Waals surface area contributed by atoms with E-state index in [2.05, 4.69) is 58.8 Å². The minimum absolute atomic E-state index is 0.0295. The van der Waals surface area contributed by atoms with Gasteiger partial charge in [-0.25, -0.2) is 4.99 Å². The molecule has 7 nitrogen and oxygen atoms in total. The lowest BCUT2D eigenvalue weighted by Gasteiger charge is -2.25. The molecule has 0 radical (unpaired) electrons. The van der Waals surface area contributed by atoms with Crippen LogP contribution in [0.5, 0.6) is 0 Å². The molecule has 1 unspecified atom stereocenters. The fraction of sp³-hybridized carbons (Fsp3) is 0.478. The second-order valence-electron chi connectivity index (χ2n) is 7.67. The summed E-state index contributed by atoms with van der Waals surface area (Å²) in [5, 5.41) is 6.64. The third-order valence-corrected chi connectivity index (χ3v) is 5.00. The number of furan rings is 1. The van der Waals surface area contributed by atoms with Crippen LogP contribution >= 0.6 is 0 Å². The number of likely N-dealkylation sites (N-methyl/N-ethyl adjacent to an activating group) is 1. The van der Waals surface area contributed by atoms with Crippen LogP contribution in [0, 0.1) is 0 Å². The van der Waals surface area contributed by atoms with E-state index in [1.165, 1.54) is 5.56 Å². The van der Waals surface area contributed by atoms with E-state index < -0.39 is 0 Å². The first kappa shape index (κ1) is 23.5. The highest BCUT2D eigenvalue weighted by atomic mass is 16.3. The van der Waals surface area contributed by atoms with Crippen molar-refractivity contribution in [2.45, 2.75) is 32.4 Å². The Balaban J connectivity index is 1.80. The summed E-state index contributed by atoms with van der Waals surface area (Å²) in [7, 11) is 5.61. The number of rotatable bonds is 11. The molecule has 0 aliphatic heterocycles.